The number of halogens is 4. The average molecular weight is 581 g/mol. The molecule has 0 aromatic heterocycles. The van der Waals surface area contributed by atoms with Gasteiger partial charge in [-0.2, -0.15) is 13.2 Å². The molecular weight excluding hydrogens is 545 g/mol. The lowest BCUT2D eigenvalue weighted by atomic mass is 9.75. The molecule has 1 atom stereocenters. The maximum Gasteiger partial charge on any atom is 0.404 e. The van der Waals surface area contributed by atoms with Gasteiger partial charge in [-0.25, -0.2) is 0 Å². The number of nitrogens with zero attached hydrogens (tertiary/aromatic N) is 2. The van der Waals surface area contributed by atoms with Crippen LogP contribution in [0.2, 0.25) is 5.02 Å². The predicted molar refractivity (Wildman–Crippen MR) is 147 cm³/mol. The fourth-order valence-electron chi connectivity index (χ4n) is 5.92. The van der Waals surface area contributed by atoms with Crippen molar-refractivity contribution in [1.82, 2.24) is 9.80 Å². The van der Waals surface area contributed by atoms with Crippen LogP contribution >= 0.6 is 11.6 Å². The Labute approximate surface area is 238 Å². The number of alkyl halides is 3. The summed E-state index contributed by atoms with van der Waals surface area (Å²) in [5, 5.41) is 0.352. The molecule has 1 aliphatic carbocycles. The number of ether oxygens (including phenoxy) is 2. The minimum absolute atomic E-state index is 0.0415. The Morgan fingerprint density at radius 3 is 2.17 bits per heavy atom. The van der Waals surface area contributed by atoms with Crippen molar-refractivity contribution in [2.45, 2.75) is 56.7 Å². The summed E-state index contributed by atoms with van der Waals surface area (Å²) in [6.45, 7) is 0.653. The number of rotatable bonds is 7. The van der Waals surface area contributed by atoms with E-state index in [0.29, 0.717) is 54.1 Å². The van der Waals surface area contributed by atoms with Crippen molar-refractivity contribution in [3.63, 3.8) is 0 Å². The summed E-state index contributed by atoms with van der Waals surface area (Å²) in [5.74, 6) is -1.51. The summed E-state index contributed by atoms with van der Waals surface area (Å²) < 4.78 is 53.2. The van der Waals surface area contributed by atoms with Crippen LogP contribution in [0.15, 0.2) is 42.5 Å². The topological polar surface area (TPSA) is 59.1 Å². The van der Waals surface area contributed by atoms with Crippen molar-refractivity contribution in [3.8, 4) is 11.5 Å². The first-order valence-corrected chi connectivity index (χ1v) is 14.0. The van der Waals surface area contributed by atoms with E-state index in [1.54, 1.807) is 38.4 Å². The molecule has 2 aliphatic rings. The molecule has 0 spiro atoms. The van der Waals surface area contributed by atoms with Crippen LogP contribution in [0.4, 0.5) is 13.2 Å². The monoisotopic (exact) mass is 580 g/mol. The molecule has 1 unspecified atom stereocenters. The van der Waals surface area contributed by atoms with E-state index in [0.717, 1.165) is 25.7 Å². The van der Waals surface area contributed by atoms with Crippen LogP contribution in [0.3, 0.4) is 0 Å². The van der Waals surface area contributed by atoms with Crippen molar-refractivity contribution < 1.29 is 32.2 Å². The number of hydrogen-bond donors (Lipinski definition) is 0. The molecule has 0 bridgehead atoms. The fourth-order valence-corrected chi connectivity index (χ4v) is 6.17. The van der Waals surface area contributed by atoms with E-state index < -0.39 is 18.0 Å². The van der Waals surface area contributed by atoms with Gasteiger partial charge in [0.2, 0.25) is 5.91 Å². The van der Waals surface area contributed by atoms with Crippen LogP contribution in [0, 0.1) is 11.8 Å². The van der Waals surface area contributed by atoms with Gasteiger partial charge in [-0.1, -0.05) is 23.7 Å². The number of hydrogen-bond acceptors (Lipinski definition) is 4. The van der Waals surface area contributed by atoms with Gasteiger partial charge in [0.05, 0.1) is 23.8 Å². The Kier molecular flexibility index (Phi) is 9.54. The van der Waals surface area contributed by atoms with Gasteiger partial charge >= 0.3 is 6.18 Å². The van der Waals surface area contributed by atoms with E-state index in [-0.39, 0.29) is 23.3 Å². The molecular formula is C30H36ClF3N2O4. The molecule has 2 amide bonds. The second-order valence-corrected chi connectivity index (χ2v) is 11.3. The van der Waals surface area contributed by atoms with E-state index in [1.165, 1.54) is 35.1 Å². The normalized spacial score (nSPS) is 21.0. The highest BCUT2D eigenvalue weighted by Gasteiger charge is 2.48. The minimum atomic E-state index is -4.69. The molecule has 10 heteroatoms. The third-order valence-electron chi connectivity index (χ3n) is 8.12. The van der Waals surface area contributed by atoms with Gasteiger partial charge in [-0.15, -0.1) is 0 Å². The van der Waals surface area contributed by atoms with Crippen molar-refractivity contribution in [3.05, 3.63) is 58.6 Å². The number of benzene rings is 2. The zero-order valence-corrected chi connectivity index (χ0v) is 23.8. The number of carbonyl (C=O) groups excluding carboxylic acids is 2. The van der Waals surface area contributed by atoms with Crippen LogP contribution in [-0.4, -0.2) is 68.2 Å². The zero-order valence-electron chi connectivity index (χ0n) is 23.0. The molecule has 40 heavy (non-hydrogen) atoms. The molecule has 4 rings (SSSR count). The van der Waals surface area contributed by atoms with Crippen molar-refractivity contribution in [2.24, 2.45) is 11.8 Å². The Morgan fingerprint density at radius 2 is 1.60 bits per heavy atom. The highest BCUT2D eigenvalue weighted by atomic mass is 35.5. The van der Waals surface area contributed by atoms with Gasteiger partial charge < -0.3 is 19.3 Å². The molecule has 1 aliphatic heterocycles. The molecule has 1 saturated heterocycles. The molecule has 218 valence electrons. The van der Waals surface area contributed by atoms with Gasteiger partial charge in [0.25, 0.3) is 5.91 Å². The zero-order chi connectivity index (χ0) is 29.0. The molecule has 2 aromatic carbocycles. The first kappa shape index (κ1) is 30.0. The standard InChI is InChI=1S/C30H36ClF3N2O4/c1-35(2)28(37)25-12-11-24(18-26(25)31)40-22-9-7-19(8-10-22)20-13-15-36(16-14-20)29(38)27(30(32,33)34)21-5-4-6-23(17-21)39-3/h4-6,11-12,17-20,22,27H,7-10,13-16H2,1-3H3. The highest BCUT2D eigenvalue weighted by molar-refractivity contribution is 6.34. The molecule has 1 heterocycles. The molecule has 0 radical (unpaired) electrons. The first-order chi connectivity index (χ1) is 19.0. The first-order valence-electron chi connectivity index (χ1n) is 13.6. The van der Waals surface area contributed by atoms with E-state index in [4.69, 9.17) is 21.1 Å². The van der Waals surface area contributed by atoms with Crippen LogP contribution in [0.25, 0.3) is 0 Å². The summed E-state index contributed by atoms with van der Waals surface area (Å²) >= 11 is 6.31. The second kappa shape index (κ2) is 12.7. The number of methoxy groups -OCH3 is 1. The molecule has 0 N–H and O–H groups in total. The summed E-state index contributed by atoms with van der Waals surface area (Å²) in [6, 6.07) is 10.8. The van der Waals surface area contributed by atoms with Crippen LogP contribution in [0.1, 0.15) is 60.4 Å². The maximum atomic E-state index is 14.0. The quantitative estimate of drug-likeness (QED) is 0.372. The Balaban J connectivity index is 1.29. The van der Waals surface area contributed by atoms with Crippen LogP contribution < -0.4 is 9.47 Å². The Hall–Kier alpha value is -2.94. The lowest BCUT2D eigenvalue weighted by Crippen LogP contribution is -2.46. The predicted octanol–water partition coefficient (Wildman–Crippen LogP) is 6.57. The lowest BCUT2D eigenvalue weighted by Gasteiger charge is -2.40. The molecule has 6 nitrogen and oxygen atoms in total. The van der Waals surface area contributed by atoms with Gasteiger partial charge in [-0.3, -0.25) is 9.59 Å². The molecule has 2 fully saturated rings. The summed E-state index contributed by atoms with van der Waals surface area (Å²) in [6.07, 6.45) is 0.401. The third-order valence-corrected chi connectivity index (χ3v) is 8.43. The van der Waals surface area contributed by atoms with E-state index in [2.05, 4.69) is 0 Å². The van der Waals surface area contributed by atoms with Crippen LogP contribution in [-0.2, 0) is 4.79 Å². The minimum Gasteiger partial charge on any atom is -0.497 e. The fraction of sp³-hybridized carbons (Fsp3) is 0.533. The summed E-state index contributed by atoms with van der Waals surface area (Å²) in [4.78, 5) is 28.1. The Morgan fingerprint density at radius 1 is 0.950 bits per heavy atom. The smallest absolute Gasteiger partial charge is 0.404 e. The largest absolute Gasteiger partial charge is 0.497 e. The summed E-state index contributed by atoms with van der Waals surface area (Å²) in [5.41, 5.74) is 0.329. The lowest BCUT2D eigenvalue weighted by molar-refractivity contribution is -0.173. The second-order valence-electron chi connectivity index (χ2n) is 10.9. The summed E-state index contributed by atoms with van der Waals surface area (Å²) in [7, 11) is 4.73. The number of carbonyl (C=O) groups is 2. The average Bonchev–Trinajstić information content (AvgIpc) is 2.92. The highest BCUT2D eigenvalue weighted by Crippen LogP contribution is 2.41. The SMILES string of the molecule is COc1cccc(C(C(=O)N2CCC(C3CCC(Oc4ccc(C(=O)N(C)C)c(Cl)c4)CC3)CC2)C(F)(F)F)c1. The van der Waals surface area contributed by atoms with Crippen LogP contribution in [0.5, 0.6) is 11.5 Å². The number of likely N-dealkylation sites (tertiary alicyclic amines) is 1. The van der Waals surface area contributed by atoms with Crippen molar-refractivity contribution in [2.75, 3.05) is 34.3 Å². The Bertz CT molecular complexity index is 1190. The van der Waals surface area contributed by atoms with E-state index >= 15 is 0 Å². The number of amides is 2. The number of piperidine rings is 1. The van der Waals surface area contributed by atoms with Gasteiger partial charge in [0.1, 0.15) is 11.5 Å². The van der Waals surface area contributed by atoms with Gasteiger partial charge in [0.15, 0.2) is 5.92 Å². The molecule has 2 aromatic rings. The third kappa shape index (κ3) is 7.03. The van der Waals surface area contributed by atoms with Gasteiger partial charge in [0, 0.05) is 27.2 Å². The van der Waals surface area contributed by atoms with Crippen molar-refractivity contribution >= 4 is 23.4 Å². The van der Waals surface area contributed by atoms with Crippen molar-refractivity contribution in [1.29, 1.82) is 0 Å². The maximum absolute atomic E-state index is 14.0. The molecule has 1 saturated carbocycles. The van der Waals surface area contributed by atoms with E-state index in [9.17, 15) is 22.8 Å². The van der Waals surface area contributed by atoms with E-state index in [1.807, 2.05) is 0 Å². The van der Waals surface area contributed by atoms with Gasteiger partial charge in [-0.05, 0) is 86.3 Å².